The van der Waals surface area contributed by atoms with E-state index in [1.54, 1.807) is 0 Å². The van der Waals surface area contributed by atoms with E-state index in [-0.39, 0.29) is 0 Å². The van der Waals surface area contributed by atoms with E-state index in [4.69, 9.17) is 11.5 Å². The minimum absolute atomic E-state index is 0.463. The summed E-state index contributed by atoms with van der Waals surface area (Å²) < 4.78 is 0. The van der Waals surface area contributed by atoms with E-state index in [1.807, 2.05) is 0 Å². The lowest BCUT2D eigenvalue weighted by molar-refractivity contribution is 0.169. The zero-order chi connectivity index (χ0) is 12.4. The quantitative estimate of drug-likeness (QED) is 0.777. The smallest absolute Gasteiger partial charge is 0.00647 e. The van der Waals surface area contributed by atoms with Gasteiger partial charge in [0.1, 0.15) is 0 Å². The van der Waals surface area contributed by atoms with Crippen molar-refractivity contribution in [1.29, 1.82) is 0 Å². The van der Waals surface area contributed by atoms with E-state index in [0.717, 1.165) is 23.7 Å². The molecule has 0 aromatic rings. The molecule has 2 saturated carbocycles. The first-order chi connectivity index (χ1) is 8.06. The average molecular weight is 238 g/mol. The van der Waals surface area contributed by atoms with Crippen molar-refractivity contribution in [3.63, 3.8) is 0 Å². The highest BCUT2D eigenvalue weighted by atomic mass is 14.7. The maximum absolute atomic E-state index is 6.10. The van der Waals surface area contributed by atoms with Crippen molar-refractivity contribution < 1.29 is 0 Å². The Labute approximate surface area is 107 Å². The van der Waals surface area contributed by atoms with Gasteiger partial charge in [-0.1, -0.05) is 13.8 Å². The molecule has 0 aromatic heterocycles. The van der Waals surface area contributed by atoms with Crippen molar-refractivity contribution in [1.82, 2.24) is 0 Å². The lowest BCUT2D eigenvalue weighted by Gasteiger charge is -2.37. The van der Waals surface area contributed by atoms with Crippen LogP contribution in [0.1, 0.15) is 58.8 Å². The zero-order valence-corrected chi connectivity index (χ0v) is 11.6. The van der Waals surface area contributed by atoms with Gasteiger partial charge in [-0.3, -0.25) is 0 Å². The normalized spacial score (nSPS) is 48.0. The van der Waals surface area contributed by atoms with Crippen LogP contribution in [0.2, 0.25) is 0 Å². The predicted molar refractivity (Wildman–Crippen MR) is 73.6 cm³/mol. The molecule has 0 amide bonds. The molecule has 0 bridgehead atoms. The summed E-state index contributed by atoms with van der Waals surface area (Å²) in [7, 11) is 0. The molecular weight excluding hydrogens is 208 g/mol. The fraction of sp³-hybridized carbons (Fsp3) is 1.00. The Balaban J connectivity index is 1.78. The van der Waals surface area contributed by atoms with Gasteiger partial charge in [-0.25, -0.2) is 0 Å². The van der Waals surface area contributed by atoms with Crippen LogP contribution in [0.25, 0.3) is 0 Å². The summed E-state index contributed by atoms with van der Waals surface area (Å²) in [4.78, 5) is 0. The molecule has 2 heteroatoms. The second kappa shape index (κ2) is 5.71. The van der Waals surface area contributed by atoms with Crippen LogP contribution < -0.4 is 11.5 Å². The molecule has 2 rings (SSSR count). The van der Waals surface area contributed by atoms with Crippen LogP contribution in [-0.2, 0) is 0 Å². The van der Waals surface area contributed by atoms with Gasteiger partial charge in [0.15, 0.2) is 0 Å². The molecule has 2 nitrogen and oxygen atoms in total. The maximum atomic E-state index is 6.10. The first kappa shape index (κ1) is 13.4. The molecule has 4 N–H and O–H groups in total. The Morgan fingerprint density at radius 2 is 1.18 bits per heavy atom. The minimum Gasteiger partial charge on any atom is -0.327 e. The first-order valence-corrected chi connectivity index (χ1v) is 7.57. The second-order valence-electron chi connectivity index (χ2n) is 6.88. The highest BCUT2D eigenvalue weighted by molar-refractivity contribution is 4.85. The Bertz CT molecular complexity index is 217. The van der Waals surface area contributed by atoms with Gasteiger partial charge in [0, 0.05) is 12.1 Å². The molecule has 0 spiro atoms. The largest absolute Gasteiger partial charge is 0.327 e. The summed E-state index contributed by atoms with van der Waals surface area (Å²) in [6.07, 6.45) is 9.37. The fourth-order valence-electron chi connectivity index (χ4n) is 3.96. The van der Waals surface area contributed by atoms with E-state index < -0.39 is 0 Å². The number of rotatable bonds is 2. The average Bonchev–Trinajstić information content (AvgIpc) is 2.29. The highest BCUT2D eigenvalue weighted by Gasteiger charge is 2.30. The molecular formula is C15H30N2. The summed E-state index contributed by atoms with van der Waals surface area (Å²) in [6, 6.07) is 0.926. The van der Waals surface area contributed by atoms with Gasteiger partial charge in [-0.2, -0.15) is 0 Å². The maximum Gasteiger partial charge on any atom is 0.00647 e. The Morgan fingerprint density at radius 3 is 1.53 bits per heavy atom. The second-order valence-corrected chi connectivity index (χ2v) is 6.88. The van der Waals surface area contributed by atoms with Crippen LogP contribution in [0.15, 0.2) is 0 Å². The van der Waals surface area contributed by atoms with Gasteiger partial charge in [0.25, 0.3) is 0 Å². The van der Waals surface area contributed by atoms with Gasteiger partial charge >= 0.3 is 0 Å². The Hall–Kier alpha value is -0.0800. The summed E-state index contributed by atoms with van der Waals surface area (Å²) in [5.41, 5.74) is 12.2. The van der Waals surface area contributed by atoms with Crippen LogP contribution in [0.3, 0.4) is 0 Å². The van der Waals surface area contributed by atoms with E-state index >= 15 is 0 Å². The van der Waals surface area contributed by atoms with Crippen LogP contribution in [0, 0.1) is 23.7 Å². The van der Waals surface area contributed by atoms with Crippen molar-refractivity contribution in [3.05, 3.63) is 0 Å². The molecule has 100 valence electrons. The van der Waals surface area contributed by atoms with E-state index in [9.17, 15) is 0 Å². The van der Waals surface area contributed by atoms with Crippen LogP contribution >= 0.6 is 0 Å². The molecule has 0 radical (unpaired) electrons. The topological polar surface area (TPSA) is 52.0 Å². The molecule has 2 aliphatic carbocycles. The van der Waals surface area contributed by atoms with Crippen molar-refractivity contribution in [2.75, 3.05) is 0 Å². The summed E-state index contributed by atoms with van der Waals surface area (Å²) in [5.74, 6) is 3.35. The number of hydrogen-bond acceptors (Lipinski definition) is 2. The van der Waals surface area contributed by atoms with Crippen LogP contribution in [0.4, 0.5) is 0 Å². The van der Waals surface area contributed by atoms with Gasteiger partial charge in [0.2, 0.25) is 0 Å². The lowest BCUT2D eigenvalue weighted by Crippen LogP contribution is -2.37. The van der Waals surface area contributed by atoms with Crippen LogP contribution in [0.5, 0.6) is 0 Å². The first-order valence-electron chi connectivity index (χ1n) is 7.57. The molecule has 0 aromatic carbocycles. The summed E-state index contributed by atoms with van der Waals surface area (Å²) in [6.45, 7) is 4.66. The summed E-state index contributed by atoms with van der Waals surface area (Å²) in [5, 5.41) is 0. The van der Waals surface area contributed by atoms with Gasteiger partial charge in [0.05, 0.1) is 0 Å². The van der Waals surface area contributed by atoms with Gasteiger partial charge < -0.3 is 11.5 Å². The van der Waals surface area contributed by atoms with E-state index in [1.165, 1.54) is 44.9 Å². The third-order valence-corrected chi connectivity index (χ3v) is 5.36. The molecule has 0 heterocycles. The number of nitrogens with two attached hydrogens (primary N) is 2. The SMILES string of the molecule is C[C@@H]1C[C@H](C[C@H]2CC[C@H](N)[C@@H](C)C2)CC[C@@H]1N. The standard InChI is InChI=1S/C15H30N2/c1-10-7-12(3-5-14(10)16)9-13-4-6-15(17)11(2)8-13/h10-15H,3-9,16-17H2,1-2H3/t10-,11+,12-,13+,14-,15-/m0/s1. The lowest BCUT2D eigenvalue weighted by atomic mass is 9.71. The van der Waals surface area contributed by atoms with Crippen molar-refractivity contribution in [3.8, 4) is 0 Å². The third-order valence-electron chi connectivity index (χ3n) is 5.36. The zero-order valence-electron chi connectivity index (χ0n) is 11.6. The molecule has 2 fully saturated rings. The van der Waals surface area contributed by atoms with Gasteiger partial charge in [-0.05, 0) is 68.6 Å². The van der Waals surface area contributed by atoms with E-state index in [2.05, 4.69) is 13.8 Å². The molecule has 0 unspecified atom stereocenters. The molecule has 6 atom stereocenters. The molecule has 2 aliphatic rings. The third kappa shape index (κ3) is 3.45. The fourth-order valence-corrected chi connectivity index (χ4v) is 3.96. The predicted octanol–water partition coefficient (Wildman–Crippen LogP) is 2.90. The van der Waals surface area contributed by atoms with Crippen molar-refractivity contribution in [2.24, 2.45) is 35.1 Å². The van der Waals surface area contributed by atoms with E-state index in [0.29, 0.717) is 12.1 Å². The summed E-state index contributed by atoms with van der Waals surface area (Å²) >= 11 is 0. The van der Waals surface area contributed by atoms with Crippen molar-refractivity contribution in [2.45, 2.75) is 70.9 Å². The van der Waals surface area contributed by atoms with Gasteiger partial charge in [-0.15, -0.1) is 0 Å². The van der Waals surface area contributed by atoms with Crippen LogP contribution in [-0.4, -0.2) is 12.1 Å². The minimum atomic E-state index is 0.463. The number of hydrogen-bond donors (Lipinski definition) is 2. The molecule has 0 saturated heterocycles. The highest BCUT2D eigenvalue weighted by Crippen LogP contribution is 2.38. The Kier molecular flexibility index (Phi) is 4.48. The molecule has 17 heavy (non-hydrogen) atoms. The monoisotopic (exact) mass is 238 g/mol. The van der Waals surface area contributed by atoms with Crippen molar-refractivity contribution >= 4 is 0 Å². The molecule has 0 aliphatic heterocycles. The Morgan fingerprint density at radius 1 is 0.765 bits per heavy atom.